The highest BCUT2D eigenvalue weighted by Crippen LogP contribution is 2.26. The largest absolute Gasteiger partial charge is 0.480 e. The van der Waals surface area contributed by atoms with Gasteiger partial charge in [0.2, 0.25) is 5.88 Å². The van der Waals surface area contributed by atoms with E-state index in [9.17, 15) is 0 Å². The molecule has 0 saturated heterocycles. The summed E-state index contributed by atoms with van der Waals surface area (Å²) in [5.41, 5.74) is 3.01. The maximum atomic E-state index is 6.22. The van der Waals surface area contributed by atoms with Gasteiger partial charge < -0.3 is 23.5 Å². The van der Waals surface area contributed by atoms with Crippen molar-refractivity contribution in [2.24, 2.45) is 0 Å². The molecular weight excluding hydrogens is 450 g/mol. The molecule has 0 saturated carbocycles. The predicted molar refractivity (Wildman–Crippen MR) is 133 cm³/mol. The van der Waals surface area contributed by atoms with E-state index in [1.165, 1.54) is 11.8 Å². The van der Waals surface area contributed by atoms with E-state index in [0.29, 0.717) is 44.2 Å². The average Bonchev–Trinajstić information content (AvgIpc) is 3.30. The van der Waals surface area contributed by atoms with Crippen molar-refractivity contribution in [1.29, 1.82) is 0 Å². The monoisotopic (exact) mass is 479 g/mol. The Hall–Kier alpha value is -2.91. The average molecular weight is 480 g/mol. The molecule has 34 heavy (non-hydrogen) atoms. The molecule has 8 heteroatoms. The second-order valence-corrected chi connectivity index (χ2v) is 8.44. The number of hydrogen-bond acceptors (Lipinski definition) is 7. The Morgan fingerprint density at radius 1 is 0.853 bits per heavy atom. The molecule has 0 fully saturated rings. The number of benzene rings is 2. The molecule has 178 valence electrons. The van der Waals surface area contributed by atoms with Crippen LogP contribution in [-0.4, -0.2) is 47.2 Å². The van der Waals surface area contributed by atoms with Crippen molar-refractivity contribution in [3.05, 3.63) is 84.1 Å². The van der Waals surface area contributed by atoms with E-state index in [4.69, 9.17) is 18.9 Å². The van der Waals surface area contributed by atoms with Gasteiger partial charge in [-0.25, -0.2) is 4.98 Å². The van der Waals surface area contributed by atoms with Crippen molar-refractivity contribution in [2.45, 2.75) is 31.2 Å². The van der Waals surface area contributed by atoms with Crippen molar-refractivity contribution in [3.8, 4) is 5.88 Å². The summed E-state index contributed by atoms with van der Waals surface area (Å²) in [5, 5.41) is 1.50. The fourth-order valence-electron chi connectivity index (χ4n) is 3.46. The van der Waals surface area contributed by atoms with Gasteiger partial charge in [-0.1, -0.05) is 72.4 Å². The lowest BCUT2D eigenvalue weighted by Gasteiger charge is -2.19. The smallest absolute Gasteiger partial charge is 0.226 e. The minimum absolute atomic E-state index is 0.242. The van der Waals surface area contributed by atoms with Crippen LogP contribution >= 0.6 is 11.8 Å². The molecule has 0 radical (unpaired) electrons. The fraction of sp³-hybridized carbons (Fsp3) is 0.308. The van der Waals surface area contributed by atoms with Gasteiger partial charge >= 0.3 is 0 Å². The molecule has 0 aliphatic rings. The molecular formula is C26H29N3O4S. The van der Waals surface area contributed by atoms with Gasteiger partial charge in [-0.3, -0.25) is 0 Å². The maximum Gasteiger partial charge on any atom is 0.226 e. The topological polar surface area (TPSA) is 67.6 Å². The minimum Gasteiger partial charge on any atom is -0.480 e. The van der Waals surface area contributed by atoms with Crippen molar-refractivity contribution < 1.29 is 18.9 Å². The Morgan fingerprint density at radius 2 is 1.47 bits per heavy atom. The molecule has 0 atom stereocenters. The second kappa shape index (κ2) is 12.5. The van der Waals surface area contributed by atoms with Gasteiger partial charge in [0, 0.05) is 6.20 Å². The van der Waals surface area contributed by atoms with E-state index < -0.39 is 0 Å². The predicted octanol–water partition coefficient (Wildman–Crippen LogP) is 4.94. The summed E-state index contributed by atoms with van der Waals surface area (Å²) in [4.78, 5) is 9.06. The van der Waals surface area contributed by atoms with E-state index in [-0.39, 0.29) is 6.10 Å². The first-order valence-electron chi connectivity index (χ1n) is 11.1. The molecule has 0 N–H and O–H groups in total. The molecule has 0 aliphatic carbocycles. The zero-order valence-electron chi connectivity index (χ0n) is 19.4. The quantitative estimate of drug-likeness (QED) is 0.199. The number of hydrogen-bond donors (Lipinski definition) is 0. The van der Waals surface area contributed by atoms with Crippen LogP contribution in [0.15, 0.2) is 78.1 Å². The van der Waals surface area contributed by atoms with Gasteiger partial charge in [0.15, 0.2) is 5.16 Å². The third kappa shape index (κ3) is 6.57. The van der Waals surface area contributed by atoms with Crippen LogP contribution in [0.3, 0.4) is 0 Å². The lowest BCUT2D eigenvalue weighted by atomic mass is 10.2. The lowest BCUT2D eigenvalue weighted by molar-refractivity contribution is -0.0866. The highest BCUT2D eigenvalue weighted by molar-refractivity contribution is 7.98. The van der Waals surface area contributed by atoms with Gasteiger partial charge in [0.05, 0.1) is 38.9 Å². The standard InChI is InChI=1S/C26H29N3O4S/c1-30-25-23-13-14-29(24(23)27-26(28-25)34-2)19-33-22(17-31-15-20-9-5-3-6-10-20)18-32-16-21-11-7-4-8-12-21/h3-14,22H,15-19H2,1-2H3. The van der Waals surface area contributed by atoms with Crippen molar-refractivity contribution in [1.82, 2.24) is 14.5 Å². The summed E-state index contributed by atoms with van der Waals surface area (Å²) in [7, 11) is 1.61. The zero-order chi connectivity index (χ0) is 23.6. The van der Waals surface area contributed by atoms with Crippen molar-refractivity contribution in [2.75, 3.05) is 26.6 Å². The van der Waals surface area contributed by atoms with Crippen LogP contribution in [0.25, 0.3) is 11.0 Å². The van der Waals surface area contributed by atoms with Crippen LogP contribution in [-0.2, 0) is 34.2 Å². The summed E-state index contributed by atoms with van der Waals surface area (Å²) in [5.74, 6) is 0.557. The normalized spacial score (nSPS) is 11.4. The summed E-state index contributed by atoms with van der Waals surface area (Å²) >= 11 is 1.47. The number of thioether (sulfide) groups is 1. The molecule has 0 unspecified atom stereocenters. The molecule has 4 rings (SSSR count). The molecule has 7 nitrogen and oxygen atoms in total. The van der Waals surface area contributed by atoms with Gasteiger partial charge in [0.1, 0.15) is 18.5 Å². The first-order chi connectivity index (χ1) is 16.8. The van der Waals surface area contributed by atoms with Gasteiger partial charge in [-0.05, 0) is 23.4 Å². The summed E-state index contributed by atoms with van der Waals surface area (Å²) in [6.07, 6.45) is 3.63. The SMILES string of the molecule is COc1nc(SC)nc2c1ccn2COC(COCc1ccccc1)COCc1ccccc1. The van der Waals surface area contributed by atoms with E-state index in [1.807, 2.05) is 83.7 Å². The molecule has 2 aromatic carbocycles. The third-order valence-corrected chi connectivity index (χ3v) is 5.77. The number of methoxy groups -OCH3 is 1. The molecule has 2 aromatic heterocycles. The zero-order valence-corrected chi connectivity index (χ0v) is 20.2. The molecule has 0 aliphatic heterocycles. The second-order valence-electron chi connectivity index (χ2n) is 7.66. The molecule has 0 amide bonds. The summed E-state index contributed by atoms with van der Waals surface area (Å²) in [6, 6.07) is 22.1. The van der Waals surface area contributed by atoms with Crippen molar-refractivity contribution in [3.63, 3.8) is 0 Å². The van der Waals surface area contributed by atoms with Crippen LogP contribution in [0.2, 0.25) is 0 Å². The molecule has 0 spiro atoms. The van der Waals surface area contributed by atoms with E-state index >= 15 is 0 Å². The van der Waals surface area contributed by atoms with E-state index in [0.717, 1.165) is 22.2 Å². The van der Waals surface area contributed by atoms with Crippen LogP contribution in [0.5, 0.6) is 5.88 Å². The highest BCUT2D eigenvalue weighted by atomic mass is 32.2. The highest BCUT2D eigenvalue weighted by Gasteiger charge is 2.15. The number of ether oxygens (including phenoxy) is 4. The van der Waals surface area contributed by atoms with Crippen LogP contribution in [0, 0.1) is 0 Å². The summed E-state index contributed by atoms with van der Waals surface area (Å²) < 4.78 is 25.5. The Kier molecular flexibility index (Phi) is 8.92. The number of nitrogens with zero attached hydrogens (tertiary/aromatic N) is 3. The van der Waals surface area contributed by atoms with E-state index in [2.05, 4.69) is 9.97 Å². The first kappa shape index (κ1) is 24.2. The van der Waals surface area contributed by atoms with Gasteiger partial charge in [-0.15, -0.1) is 0 Å². The Morgan fingerprint density at radius 3 is 2.03 bits per heavy atom. The van der Waals surface area contributed by atoms with Crippen LogP contribution in [0.1, 0.15) is 11.1 Å². The Labute approximate surface area is 204 Å². The number of aromatic nitrogens is 3. The van der Waals surface area contributed by atoms with Gasteiger partial charge in [-0.2, -0.15) is 4.98 Å². The first-order valence-corrected chi connectivity index (χ1v) is 12.3. The fourth-order valence-corrected chi connectivity index (χ4v) is 3.82. The van der Waals surface area contributed by atoms with E-state index in [1.54, 1.807) is 7.11 Å². The van der Waals surface area contributed by atoms with Gasteiger partial charge in [0.25, 0.3) is 0 Å². The van der Waals surface area contributed by atoms with Crippen molar-refractivity contribution >= 4 is 22.8 Å². The summed E-state index contributed by atoms with van der Waals surface area (Å²) in [6.45, 7) is 2.18. The molecule has 2 heterocycles. The Bertz CT molecular complexity index is 1110. The minimum atomic E-state index is -0.242. The third-order valence-electron chi connectivity index (χ3n) is 5.22. The maximum absolute atomic E-state index is 6.22. The lowest BCUT2D eigenvalue weighted by Crippen LogP contribution is -2.26. The molecule has 4 aromatic rings. The Balaban J connectivity index is 1.40. The molecule has 0 bridgehead atoms. The van der Waals surface area contributed by atoms with Crippen LogP contribution < -0.4 is 4.74 Å². The number of fused-ring (bicyclic) bond motifs is 1. The number of rotatable bonds is 13. The van der Waals surface area contributed by atoms with Crippen LogP contribution in [0.4, 0.5) is 0 Å².